The molecule has 1 N–H and O–H groups in total. The lowest BCUT2D eigenvalue weighted by Gasteiger charge is -2.15. The summed E-state index contributed by atoms with van der Waals surface area (Å²) >= 11 is 1.55. The van der Waals surface area contributed by atoms with Gasteiger partial charge in [-0.05, 0) is 25.4 Å². The number of esters is 1. The molecule has 8 nitrogen and oxygen atoms in total. The Kier molecular flexibility index (Phi) is 5.66. The van der Waals surface area contributed by atoms with E-state index in [-0.39, 0.29) is 28.0 Å². The van der Waals surface area contributed by atoms with E-state index in [2.05, 4.69) is 10.3 Å². The third kappa shape index (κ3) is 3.45. The smallest absolute Gasteiger partial charge is 0.328 e. The van der Waals surface area contributed by atoms with Gasteiger partial charge < -0.3 is 19.0 Å². The molecule has 0 aromatic carbocycles. The molecule has 0 saturated carbocycles. The summed E-state index contributed by atoms with van der Waals surface area (Å²) in [6, 6.07) is -0.792. The monoisotopic (exact) mass is 353 g/mol. The van der Waals surface area contributed by atoms with Crippen LogP contribution in [0.15, 0.2) is 15.5 Å². The van der Waals surface area contributed by atoms with Gasteiger partial charge in [0.15, 0.2) is 0 Å². The number of rotatable bonds is 6. The number of aromatic nitrogens is 2. The lowest BCUT2D eigenvalue weighted by molar-refractivity contribution is -0.142. The van der Waals surface area contributed by atoms with Crippen molar-refractivity contribution in [2.45, 2.75) is 19.4 Å². The van der Waals surface area contributed by atoms with Crippen LogP contribution in [-0.2, 0) is 16.6 Å². The number of furan rings is 1. The number of amides is 1. The van der Waals surface area contributed by atoms with Crippen molar-refractivity contribution in [2.24, 2.45) is 7.05 Å². The molecule has 0 aliphatic rings. The molecular formula is C15H19N3O5S. The van der Waals surface area contributed by atoms with Crippen LogP contribution in [0.4, 0.5) is 0 Å². The number of carbonyl (C=O) groups excluding carboxylic acids is 2. The topological polar surface area (TPSA) is 103 Å². The van der Waals surface area contributed by atoms with Crippen molar-refractivity contribution in [1.29, 1.82) is 0 Å². The molecular weight excluding hydrogens is 334 g/mol. The molecule has 24 heavy (non-hydrogen) atoms. The zero-order valence-electron chi connectivity index (χ0n) is 13.9. The summed E-state index contributed by atoms with van der Waals surface area (Å²) in [5, 5.41) is 2.72. The lowest BCUT2D eigenvalue weighted by atomic mass is 10.1. The van der Waals surface area contributed by atoms with Gasteiger partial charge >= 0.3 is 5.97 Å². The van der Waals surface area contributed by atoms with Crippen molar-refractivity contribution in [3.05, 3.63) is 28.0 Å². The van der Waals surface area contributed by atoms with Crippen molar-refractivity contribution in [2.75, 3.05) is 19.1 Å². The standard InChI is InChI=1S/C15H19N3O5S/c1-8-10(11-13(23-8)16-7-18(2)14(11)20)12(19)17-9(5-6-24-4)15(21)22-3/h7,9H,5-6H2,1-4H3,(H,17,19)/t9-/m0/s1. The number of aryl methyl sites for hydroxylation is 2. The summed E-state index contributed by atoms with van der Waals surface area (Å²) in [6.07, 6.45) is 3.65. The van der Waals surface area contributed by atoms with E-state index in [1.807, 2.05) is 6.26 Å². The summed E-state index contributed by atoms with van der Waals surface area (Å²) in [7, 11) is 2.80. The van der Waals surface area contributed by atoms with Crippen molar-refractivity contribution in [3.63, 3.8) is 0 Å². The van der Waals surface area contributed by atoms with Gasteiger partial charge in [0.05, 0.1) is 12.7 Å². The summed E-state index contributed by atoms with van der Waals surface area (Å²) in [6.45, 7) is 1.57. The number of nitrogens with zero attached hydrogens (tertiary/aromatic N) is 2. The van der Waals surface area contributed by atoms with Gasteiger partial charge in [-0.25, -0.2) is 9.78 Å². The van der Waals surface area contributed by atoms with Crippen molar-refractivity contribution >= 4 is 34.7 Å². The lowest BCUT2D eigenvalue weighted by Crippen LogP contribution is -2.42. The summed E-state index contributed by atoms with van der Waals surface area (Å²) in [4.78, 5) is 40.8. The number of thioether (sulfide) groups is 1. The Bertz CT molecular complexity index is 826. The highest BCUT2D eigenvalue weighted by molar-refractivity contribution is 7.98. The third-order valence-corrected chi connectivity index (χ3v) is 4.22. The predicted octanol–water partition coefficient (Wildman–Crippen LogP) is 0.859. The number of hydrogen-bond donors (Lipinski definition) is 1. The minimum atomic E-state index is -0.792. The van der Waals surface area contributed by atoms with E-state index in [4.69, 9.17) is 9.15 Å². The molecule has 9 heteroatoms. The van der Waals surface area contributed by atoms with Crippen LogP contribution in [0.1, 0.15) is 22.5 Å². The first kappa shape index (κ1) is 18.1. The summed E-state index contributed by atoms with van der Waals surface area (Å²) in [5.41, 5.74) is -0.197. The van der Waals surface area contributed by atoms with Crippen LogP contribution in [0.3, 0.4) is 0 Å². The molecule has 0 bridgehead atoms. The number of methoxy groups -OCH3 is 1. The number of fused-ring (bicyclic) bond motifs is 1. The van der Waals surface area contributed by atoms with Crippen molar-refractivity contribution < 1.29 is 18.7 Å². The van der Waals surface area contributed by atoms with Gasteiger partial charge in [-0.1, -0.05) is 0 Å². The maximum atomic E-state index is 12.6. The van der Waals surface area contributed by atoms with Gasteiger partial charge in [0.1, 0.15) is 23.5 Å². The second-order valence-corrected chi connectivity index (χ2v) is 6.19. The van der Waals surface area contributed by atoms with Crippen LogP contribution in [0.2, 0.25) is 0 Å². The minimum absolute atomic E-state index is 0.0942. The van der Waals surface area contributed by atoms with E-state index in [0.29, 0.717) is 12.2 Å². The molecule has 130 valence electrons. The first-order valence-corrected chi connectivity index (χ1v) is 8.62. The van der Waals surface area contributed by atoms with Crippen LogP contribution >= 0.6 is 11.8 Å². The molecule has 1 amide bonds. The fourth-order valence-corrected chi connectivity index (χ4v) is 2.79. The van der Waals surface area contributed by atoms with Gasteiger partial charge in [-0.2, -0.15) is 11.8 Å². The van der Waals surface area contributed by atoms with E-state index >= 15 is 0 Å². The summed E-state index contributed by atoms with van der Waals surface area (Å²) < 4.78 is 11.4. The van der Waals surface area contributed by atoms with E-state index in [1.165, 1.54) is 25.1 Å². The molecule has 0 aliphatic carbocycles. The normalized spacial score (nSPS) is 12.2. The summed E-state index contributed by atoms with van der Waals surface area (Å²) in [5.74, 6) is -0.150. The highest BCUT2D eigenvalue weighted by Gasteiger charge is 2.27. The van der Waals surface area contributed by atoms with Crippen LogP contribution in [0, 0.1) is 6.92 Å². The SMILES string of the molecule is COC(=O)[C@H](CCSC)NC(=O)c1c(C)oc2ncn(C)c(=O)c12. The van der Waals surface area contributed by atoms with Crippen LogP contribution in [-0.4, -0.2) is 46.6 Å². The minimum Gasteiger partial charge on any atom is -0.467 e. The predicted molar refractivity (Wildman–Crippen MR) is 90.3 cm³/mol. The highest BCUT2D eigenvalue weighted by Crippen LogP contribution is 2.21. The maximum absolute atomic E-state index is 12.6. The number of hydrogen-bond acceptors (Lipinski definition) is 7. The zero-order chi connectivity index (χ0) is 17.9. The number of ether oxygens (including phenoxy) is 1. The molecule has 2 aromatic heterocycles. The molecule has 2 rings (SSSR count). The molecule has 0 unspecified atom stereocenters. The first-order valence-electron chi connectivity index (χ1n) is 7.23. The Morgan fingerprint density at radius 3 is 2.83 bits per heavy atom. The Labute approximate surface area is 142 Å². The number of nitrogens with one attached hydrogen (secondary N) is 1. The molecule has 0 spiro atoms. The average Bonchev–Trinajstić information content (AvgIpc) is 2.91. The van der Waals surface area contributed by atoms with E-state index < -0.39 is 17.9 Å². The van der Waals surface area contributed by atoms with Gasteiger partial charge in [0.25, 0.3) is 11.5 Å². The van der Waals surface area contributed by atoms with Crippen molar-refractivity contribution in [3.8, 4) is 0 Å². The molecule has 0 aliphatic heterocycles. The molecule has 0 saturated heterocycles. The van der Waals surface area contributed by atoms with Gasteiger partial charge in [0, 0.05) is 7.05 Å². The Balaban J connectivity index is 2.40. The maximum Gasteiger partial charge on any atom is 0.328 e. The van der Waals surface area contributed by atoms with Gasteiger partial charge in [0.2, 0.25) is 5.71 Å². The molecule has 1 atom stereocenters. The Morgan fingerprint density at radius 1 is 1.50 bits per heavy atom. The largest absolute Gasteiger partial charge is 0.467 e. The highest BCUT2D eigenvalue weighted by atomic mass is 32.2. The van der Waals surface area contributed by atoms with Crippen molar-refractivity contribution in [1.82, 2.24) is 14.9 Å². The van der Waals surface area contributed by atoms with Gasteiger partial charge in [-0.15, -0.1) is 0 Å². The quantitative estimate of drug-likeness (QED) is 0.768. The Hall–Kier alpha value is -2.29. The number of carbonyl (C=O) groups is 2. The molecule has 2 aromatic rings. The second-order valence-electron chi connectivity index (χ2n) is 5.20. The fraction of sp³-hybridized carbons (Fsp3) is 0.467. The molecule has 0 fully saturated rings. The Morgan fingerprint density at radius 2 is 2.21 bits per heavy atom. The van der Waals surface area contributed by atoms with E-state index in [1.54, 1.807) is 18.7 Å². The van der Waals surface area contributed by atoms with Gasteiger partial charge in [-0.3, -0.25) is 9.59 Å². The average molecular weight is 353 g/mol. The zero-order valence-corrected chi connectivity index (χ0v) is 14.7. The molecule has 0 radical (unpaired) electrons. The van der Waals surface area contributed by atoms with Crippen LogP contribution in [0.5, 0.6) is 0 Å². The van der Waals surface area contributed by atoms with Crippen LogP contribution < -0.4 is 10.9 Å². The van der Waals surface area contributed by atoms with E-state index in [0.717, 1.165) is 0 Å². The van der Waals surface area contributed by atoms with Crippen LogP contribution in [0.25, 0.3) is 11.1 Å². The second kappa shape index (κ2) is 7.52. The first-order chi connectivity index (χ1) is 11.4. The fourth-order valence-electron chi connectivity index (χ4n) is 2.32. The van der Waals surface area contributed by atoms with E-state index in [9.17, 15) is 14.4 Å². The molecule has 2 heterocycles. The third-order valence-electron chi connectivity index (χ3n) is 3.58.